The topological polar surface area (TPSA) is 29.5 Å². The van der Waals surface area contributed by atoms with Gasteiger partial charge in [-0.05, 0) is 47.0 Å². The molecule has 0 atom stereocenters. The molecular weight excluding hydrogens is 363 g/mol. The Morgan fingerprint density at radius 1 is 1.27 bits per heavy atom. The predicted octanol–water partition coefficient (Wildman–Crippen LogP) is 5.37. The molecule has 0 aliphatic heterocycles. The Labute approximate surface area is 135 Å². The molecule has 1 aromatic rings. The van der Waals surface area contributed by atoms with Gasteiger partial charge >= 0.3 is 12.3 Å². The molecule has 0 aromatic heterocycles. The molecular formula is C15H17BrF3NO2. The monoisotopic (exact) mass is 379 g/mol. The minimum atomic E-state index is -4.45. The lowest BCUT2D eigenvalue weighted by Crippen LogP contribution is -2.42. The molecule has 7 heteroatoms. The van der Waals surface area contributed by atoms with E-state index in [-0.39, 0.29) is 11.7 Å². The van der Waals surface area contributed by atoms with Crippen LogP contribution in [0.5, 0.6) is 0 Å². The number of carbonyl (C=O) groups is 1. The van der Waals surface area contributed by atoms with E-state index in [0.29, 0.717) is 4.47 Å². The van der Waals surface area contributed by atoms with Crippen molar-refractivity contribution in [1.29, 1.82) is 0 Å². The number of benzene rings is 1. The zero-order chi connectivity index (χ0) is 16.3. The summed E-state index contributed by atoms with van der Waals surface area (Å²) in [7, 11) is 1.24. The first kappa shape index (κ1) is 17.1. The van der Waals surface area contributed by atoms with Crippen LogP contribution in [0.2, 0.25) is 0 Å². The molecule has 0 radical (unpaired) electrons. The van der Waals surface area contributed by atoms with Crippen molar-refractivity contribution >= 4 is 27.7 Å². The third-order valence-electron chi connectivity index (χ3n) is 3.84. The number of carbonyl (C=O) groups excluding carboxylic acids is 1. The zero-order valence-corrected chi connectivity index (χ0v) is 13.7. The third-order valence-corrected chi connectivity index (χ3v) is 4.51. The SMILES string of the molecule is COC(=O)N(c1cc(C(F)(F)F)ccc1Br)C1CCCCC1. The number of hydrogen-bond donors (Lipinski definition) is 0. The van der Waals surface area contributed by atoms with Crippen LogP contribution in [0.25, 0.3) is 0 Å². The second kappa shape index (κ2) is 6.89. The molecule has 1 saturated carbocycles. The van der Waals surface area contributed by atoms with Gasteiger partial charge in [0.1, 0.15) is 0 Å². The van der Waals surface area contributed by atoms with Crippen LogP contribution in [0, 0.1) is 0 Å². The van der Waals surface area contributed by atoms with Crippen molar-refractivity contribution in [3.05, 3.63) is 28.2 Å². The van der Waals surface area contributed by atoms with Crippen molar-refractivity contribution < 1.29 is 22.7 Å². The first-order valence-corrected chi connectivity index (χ1v) is 7.88. The van der Waals surface area contributed by atoms with Crippen LogP contribution in [0.1, 0.15) is 37.7 Å². The van der Waals surface area contributed by atoms with E-state index < -0.39 is 17.8 Å². The lowest BCUT2D eigenvalue weighted by molar-refractivity contribution is -0.137. The molecule has 2 rings (SSSR count). The van der Waals surface area contributed by atoms with Crippen molar-refractivity contribution in [2.75, 3.05) is 12.0 Å². The maximum absolute atomic E-state index is 12.9. The maximum atomic E-state index is 12.9. The summed E-state index contributed by atoms with van der Waals surface area (Å²) < 4.78 is 44.0. The van der Waals surface area contributed by atoms with E-state index >= 15 is 0 Å². The Morgan fingerprint density at radius 2 is 1.91 bits per heavy atom. The van der Waals surface area contributed by atoms with Gasteiger partial charge < -0.3 is 4.74 Å². The number of amides is 1. The molecule has 0 spiro atoms. The Balaban J connectivity index is 2.44. The van der Waals surface area contributed by atoms with E-state index in [9.17, 15) is 18.0 Å². The highest BCUT2D eigenvalue weighted by Crippen LogP contribution is 2.38. The molecule has 1 fully saturated rings. The fourth-order valence-corrected chi connectivity index (χ4v) is 3.19. The fraction of sp³-hybridized carbons (Fsp3) is 0.533. The molecule has 1 aliphatic carbocycles. The summed E-state index contributed by atoms with van der Waals surface area (Å²) in [5.74, 6) is 0. The zero-order valence-electron chi connectivity index (χ0n) is 12.1. The maximum Gasteiger partial charge on any atom is 0.416 e. The van der Waals surface area contributed by atoms with E-state index in [4.69, 9.17) is 4.74 Å². The molecule has 3 nitrogen and oxygen atoms in total. The summed E-state index contributed by atoms with van der Waals surface area (Å²) in [6, 6.07) is 3.16. The fourth-order valence-electron chi connectivity index (χ4n) is 2.76. The van der Waals surface area contributed by atoms with E-state index in [1.807, 2.05) is 0 Å². The van der Waals surface area contributed by atoms with Crippen LogP contribution >= 0.6 is 15.9 Å². The van der Waals surface area contributed by atoms with Gasteiger partial charge in [-0.1, -0.05) is 19.3 Å². The summed E-state index contributed by atoms with van der Waals surface area (Å²) in [4.78, 5) is 13.5. The number of rotatable bonds is 2. The number of alkyl halides is 3. The van der Waals surface area contributed by atoms with E-state index in [1.54, 1.807) is 0 Å². The second-order valence-electron chi connectivity index (χ2n) is 5.30. The standard InChI is InChI=1S/C15H17BrF3NO2/c1-22-14(21)20(11-5-3-2-4-6-11)13-9-10(15(17,18)19)7-8-12(13)16/h7-9,11H,2-6H2,1H3. The van der Waals surface area contributed by atoms with Gasteiger partial charge in [-0.3, -0.25) is 4.90 Å². The average molecular weight is 380 g/mol. The van der Waals surface area contributed by atoms with Gasteiger partial charge in [0.2, 0.25) is 0 Å². The average Bonchev–Trinajstić information content (AvgIpc) is 2.49. The van der Waals surface area contributed by atoms with Gasteiger partial charge in [-0.2, -0.15) is 13.2 Å². The largest absolute Gasteiger partial charge is 0.452 e. The van der Waals surface area contributed by atoms with Gasteiger partial charge in [-0.25, -0.2) is 4.79 Å². The normalized spacial score (nSPS) is 16.4. The number of hydrogen-bond acceptors (Lipinski definition) is 2. The van der Waals surface area contributed by atoms with Crippen LogP contribution in [0.15, 0.2) is 22.7 Å². The Bertz CT molecular complexity index is 542. The summed E-state index contributed by atoms with van der Waals surface area (Å²) in [5.41, 5.74) is -0.580. The van der Waals surface area contributed by atoms with Gasteiger partial charge in [0.25, 0.3) is 0 Å². The smallest absolute Gasteiger partial charge is 0.416 e. The van der Waals surface area contributed by atoms with Crippen LogP contribution in [-0.2, 0) is 10.9 Å². The molecule has 0 N–H and O–H groups in total. The number of methoxy groups -OCH3 is 1. The number of nitrogens with zero attached hydrogens (tertiary/aromatic N) is 1. The van der Waals surface area contributed by atoms with Gasteiger partial charge in [0.05, 0.1) is 18.4 Å². The van der Waals surface area contributed by atoms with Crippen molar-refractivity contribution in [2.24, 2.45) is 0 Å². The van der Waals surface area contributed by atoms with Crippen LogP contribution < -0.4 is 4.90 Å². The van der Waals surface area contributed by atoms with E-state index in [2.05, 4.69) is 15.9 Å². The third kappa shape index (κ3) is 3.74. The summed E-state index contributed by atoms with van der Waals surface area (Å²) in [5, 5.41) is 0. The molecule has 22 heavy (non-hydrogen) atoms. The molecule has 0 unspecified atom stereocenters. The van der Waals surface area contributed by atoms with Gasteiger partial charge in [0, 0.05) is 10.5 Å². The highest BCUT2D eigenvalue weighted by atomic mass is 79.9. The van der Waals surface area contributed by atoms with Crippen molar-refractivity contribution in [1.82, 2.24) is 0 Å². The molecule has 0 saturated heterocycles. The summed E-state index contributed by atoms with van der Waals surface area (Å²) >= 11 is 3.25. The quantitative estimate of drug-likeness (QED) is 0.690. The Kier molecular flexibility index (Phi) is 5.36. The van der Waals surface area contributed by atoms with Crippen LogP contribution in [0.3, 0.4) is 0 Å². The second-order valence-corrected chi connectivity index (χ2v) is 6.15. The van der Waals surface area contributed by atoms with Crippen LogP contribution in [0.4, 0.5) is 23.7 Å². The minimum Gasteiger partial charge on any atom is -0.452 e. The molecule has 0 bridgehead atoms. The molecule has 1 amide bonds. The summed E-state index contributed by atoms with van der Waals surface area (Å²) in [6.45, 7) is 0. The predicted molar refractivity (Wildman–Crippen MR) is 80.9 cm³/mol. The highest BCUT2D eigenvalue weighted by molar-refractivity contribution is 9.10. The lowest BCUT2D eigenvalue weighted by Gasteiger charge is -2.34. The number of ether oxygens (including phenoxy) is 1. The molecule has 1 aromatic carbocycles. The lowest BCUT2D eigenvalue weighted by atomic mass is 9.94. The van der Waals surface area contributed by atoms with Crippen molar-refractivity contribution in [3.63, 3.8) is 0 Å². The molecule has 122 valence electrons. The Hall–Kier alpha value is -1.24. The first-order chi connectivity index (χ1) is 10.3. The van der Waals surface area contributed by atoms with Crippen LogP contribution in [-0.4, -0.2) is 19.2 Å². The highest BCUT2D eigenvalue weighted by Gasteiger charge is 2.34. The number of anilines is 1. The Morgan fingerprint density at radius 3 is 2.45 bits per heavy atom. The molecule has 1 aliphatic rings. The van der Waals surface area contributed by atoms with E-state index in [0.717, 1.165) is 44.2 Å². The van der Waals surface area contributed by atoms with E-state index in [1.165, 1.54) is 18.1 Å². The molecule has 0 heterocycles. The van der Waals surface area contributed by atoms with Crippen molar-refractivity contribution in [2.45, 2.75) is 44.3 Å². The number of halogens is 4. The first-order valence-electron chi connectivity index (χ1n) is 7.08. The minimum absolute atomic E-state index is 0.138. The van der Waals surface area contributed by atoms with Gasteiger partial charge in [0.15, 0.2) is 0 Å². The van der Waals surface area contributed by atoms with Gasteiger partial charge in [-0.15, -0.1) is 0 Å². The summed E-state index contributed by atoms with van der Waals surface area (Å²) in [6.07, 6.45) is -0.579. The van der Waals surface area contributed by atoms with Crippen molar-refractivity contribution in [3.8, 4) is 0 Å².